The van der Waals surface area contributed by atoms with Crippen LogP contribution in [-0.4, -0.2) is 19.6 Å². The molecule has 0 atom stereocenters. The quantitative estimate of drug-likeness (QED) is 0.480. The summed E-state index contributed by atoms with van der Waals surface area (Å²) in [5.41, 5.74) is 2.59. The third-order valence-electron chi connectivity index (χ3n) is 4.36. The molecule has 0 aliphatic rings. The number of methoxy groups -OCH3 is 1. The first-order valence-corrected chi connectivity index (χ1v) is 9.72. The van der Waals surface area contributed by atoms with Crippen molar-refractivity contribution in [3.05, 3.63) is 83.9 Å². The van der Waals surface area contributed by atoms with Crippen molar-refractivity contribution >= 4 is 17.7 Å². The van der Waals surface area contributed by atoms with Gasteiger partial charge in [0.1, 0.15) is 11.5 Å². The molecule has 1 amide bonds. The summed E-state index contributed by atoms with van der Waals surface area (Å²) in [6.45, 7) is 4.44. The van der Waals surface area contributed by atoms with Gasteiger partial charge in [-0.1, -0.05) is 24.3 Å². The Morgan fingerprint density at radius 1 is 0.967 bits per heavy atom. The van der Waals surface area contributed by atoms with Crippen molar-refractivity contribution in [1.29, 1.82) is 0 Å². The molecule has 0 spiro atoms. The highest BCUT2D eigenvalue weighted by molar-refractivity contribution is 6.02. The summed E-state index contributed by atoms with van der Waals surface area (Å²) >= 11 is 0. The van der Waals surface area contributed by atoms with E-state index in [1.165, 1.54) is 6.08 Å². The van der Waals surface area contributed by atoms with Crippen LogP contribution < -0.4 is 19.5 Å². The van der Waals surface area contributed by atoms with E-state index in [1.54, 1.807) is 25.3 Å². The van der Waals surface area contributed by atoms with Gasteiger partial charge in [0.2, 0.25) is 5.91 Å². The number of para-hydroxylation sites is 1. The van der Waals surface area contributed by atoms with Crippen LogP contribution in [0.15, 0.2) is 72.8 Å². The van der Waals surface area contributed by atoms with E-state index in [4.69, 9.17) is 14.2 Å². The lowest BCUT2D eigenvalue weighted by molar-refractivity contribution is -0.111. The highest BCUT2D eigenvalue weighted by atomic mass is 16.5. The molecular weight excluding hydrogens is 378 g/mol. The third-order valence-corrected chi connectivity index (χ3v) is 4.36. The molecule has 0 fully saturated rings. The predicted octanol–water partition coefficient (Wildman–Crippen LogP) is 5.85. The van der Waals surface area contributed by atoms with Crippen LogP contribution in [0.1, 0.15) is 18.1 Å². The molecule has 0 heterocycles. The van der Waals surface area contributed by atoms with Gasteiger partial charge in [-0.05, 0) is 73.5 Å². The Kier molecular flexibility index (Phi) is 7.11. The zero-order chi connectivity index (χ0) is 21.3. The number of aryl methyl sites for hydroxylation is 1. The van der Waals surface area contributed by atoms with Gasteiger partial charge in [-0.25, -0.2) is 0 Å². The average molecular weight is 403 g/mol. The standard InChI is InChI=1S/C25H25NO4/c1-4-29-24-17-19(9-15-23(24)28-3)10-16-25(27)26-20-11-13-21(14-12-20)30-22-8-6-5-7-18(22)2/h5-17H,4H2,1-3H3,(H,26,27)/b16-10+. The smallest absolute Gasteiger partial charge is 0.248 e. The predicted molar refractivity (Wildman–Crippen MR) is 120 cm³/mol. The molecule has 3 aromatic rings. The number of carbonyl (C=O) groups is 1. The fourth-order valence-electron chi connectivity index (χ4n) is 2.83. The SMILES string of the molecule is CCOc1cc(/C=C/C(=O)Nc2ccc(Oc3ccccc3C)cc2)ccc1OC. The Bertz CT molecular complexity index is 1030. The molecule has 5 nitrogen and oxygen atoms in total. The number of hydrogen-bond acceptors (Lipinski definition) is 4. The fraction of sp³-hybridized carbons (Fsp3) is 0.160. The van der Waals surface area contributed by atoms with Gasteiger partial charge in [0.05, 0.1) is 13.7 Å². The highest BCUT2D eigenvalue weighted by Gasteiger charge is 2.05. The van der Waals surface area contributed by atoms with Crippen LogP contribution in [0, 0.1) is 6.92 Å². The summed E-state index contributed by atoms with van der Waals surface area (Å²) < 4.78 is 16.7. The number of amides is 1. The number of nitrogens with one attached hydrogen (secondary N) is 1. The van der Waals surface area contributed by atoms with Gasteiger partial charge in [-0.15, -0.1) is 0 Å². The van der Waals surface area contributed by atoms with Gasteiger partial charge >= 0.3 is 0 Å². The second-order valence-electron chi connectivity index (χ2n) is 6.56. The number of anilines is 1. The zero-order valence-electron chi connectivity index (χ0n) is 17.3. The number of rotatable bonds is 8. The van der Waals surface area contributed by atoms with E-state index in [-0.39, 0.29) is 5.91 Å². The van der Waals surface area contributed by atoms with Crippen molar-refractivity contribution in [3.63, 3.8) is 0 Å². The Balaban J connectivity index is 1.61. The normalized spacial score (nSPS) is 10.6. The number of hydrogen-bond donors (Lipinski definition) is 1. The first-order chi connectivity index (χ1) is 14.6. The van der Waals surface area contributed by atoms with Gasteiger partial charge in [-0.3, -0.25) is 4.79 Å². The van der Waals surface area contributed by atoms with Crippen molar-refractivity contribution in [3.8, 4) is 23.0 Å². The molecule has 0 unspecified atom stereocenters. The molecule has 0 radical (unpaired) electrons. The minimum absolute atomic E-state index is 0.226. The first kappa shape index (κ1) is 21.0. The van der Waals surface area contributed by atoms with Crippen molar-refractivity contribution in [1.82, 2.24) is 0 Å². The van der Waals surface area contributed by atoms with Crippen molar-refractivity contribution in [2.45, 2.75) is 13.8 Å². The molecule has 0 aliphatic heterocycles. The van der Waals surface area contributed by atoms with E-state index in [1.807, 2.05) is 68.4 Å². The summed E-state index contributed by atoms with van der Waals surface area (Å²) in [6.07, 6.45) is 3.21. The van der Waals surface area contributed by atoms with Crippen LogP contribution in [0.5, 0.6) is 23.0 Å². The fourth-order valence-corrected chi connectivity index (χ4v) is 2.83. The molecule has 0 saturated heterocycles. The molecule has 30 heavy (non-hydrogen) atoms. The second-order valence-corrected chi connectivity index (χ2v) is 6.56. The van der Waals surface area contributed by atoms with Gasteiger partial charge in [0, 0.05) is 11.8 Å². The molecule has 5 heteroatoms. The Morgan fingerprint density at radius 2 is 1.73 bits per heavy atom. The van der Waals surface area contributed by atoms with E-state index in [0.717, 1.165) is 16.9 Å². The topological polar surface area (TPSA) is 56.8 Å². The lowest BCUT2D eigenvalue weighted by Gasteiger charge is -2.10. The lowest BCUT2D eigenvalue weighted by atomic mass is 10.2. The molecule has 0 bridgehead atoms. The maximum atomic E-state index is 12.3. The van der Waals surface area contributed by atoms with Crippen LogP contribution in [0.3, 0.4) is 0 Å². The largest absolute Gasteiger partial charge is 0.493 e. The van der Waals surface area contributed by atoms with Crippen molar-refractivity contribution in [2.75, 3.05) is 19.0 Å². The third kappa shape index (κ3) is 5.64. The minimum atomic E-state index is -0.226. The highest BCUT2D eigenvalue weighted by Crippen LogP contribution is 2.29. The summed E-state index contributed by atoms with van der Waals surface area (Å²) in [7, 11) is 1.60. The second kappa shape index (κ2) is 10.2. The molecule has 3 rings (SSSR count). The van der Waals surface area contributed by atoms with Crippen molar-refractivity contribution in [2.24, 2.45) is 0 Å². The average Bonchev–Trinajstić information content (AvgIpc) is 2.76. The van der Waals surface area contributed by atoms with Crippen LogP contribution in [0.25, 0.3) is 6.08 Å². The number of ether oxygens (including phenoxy) is 3. The summed E-state index contributed by atoms with van der Waals surface area (Å²) in [4.78, 5) is 12.3. The Morgan fingerprint density at radius 3 is 2.43 bits per heavy atom. The maximum Gasteiger partial charge on any atom is 0.248 e. The summed E-state index contributed by atoms with van der Waals surface area (Å²) in [5, 5.41) is 2.84. The number of benzene rings is 3. The Labute approximate surface area is 176 Å². The Hall–Kier alpha value is -3.73. The molecule has 0 aromatic heterocycles. The molecule has 0 saturated carbocycles. The molecule has 154 valence electrons. The van der Waals surface area contributed by atoms with Crippen LogP contribution in [0.2, 0.25) is 0 Å². The van der Waals surface area contributed by atoms with Gasteiger partial charge < -0.3 is 19.5 Å². The molecule has 1 N–H and O–H groups in total. The van der Waals surface area contributed by atoms with E-state index in [0.29, 0.717) is 29.5 Å². The molecule has 0 aliphatic carbocycles. The van der Waals surface area contributed by atoms with E-state index < -0.39 is 0 Å². The van der Waals surface area contributed by atoms with Gasteiger partial charge in [0.15, 0.2) is 11.5 Å². The lowest BCUT2D eigenvalue weighted by Crippen LogP contribution is -2.07. The maximum absolute atomic E-state index is 12.3. The van der Waals surface area contributed by atoms with E-state index in [2.05, 4.69) is 5.32 Å². The molecule has 3 aromatic carbocycles. The zero-order valence-corrected chi connectivity index (χ0v) is 17.3. The van der Waals surface area contributed by atoms with Gasteiger partial charge in [-0.2, -0.15) is 0 Å². The van der Waals surface area contributed by atoms with Crippen LogP contribution >= 0.6 is 0 Å². The van der Waals surface area contributed by atoms with E-state index >= 15 is 0 Å². The van der Waals surface area contributed by atoms with Crippen LogP contribution in [0.4, 0.5) is 5.69 Å². The van der Waals surface area contributed by atoms with Crippen molar-refractivity contribution < 1.29 is 19.0 Å². The van der Waals surface area contributed by atoms with Gasteiger partial charge in [0.25, 0.3) is 0 Å². The van der Waals surface area contributed by atoms with E-state index in [9.17, 15) is 4.79 Å². The summed E-state index contributed by atoms with van der Waals surface area (Å²) in [5.74, 6) is 2.59. The summed E-state index contributed by atoms with van der Waals surface area (Å²) in [6, 6.07) is 20.6. The minimum Gasteiger partial charge on any atom is -0.493 e. The number of carbonyl (C=O) groups excluding carboxylic acids is 1. The van der Waals surface area contributed by atoms with Crippen LogP contribution in [-0.2, 0) is 4.79 Å². The monoisotopic (exact) mass is 403 g/mol. The molecular formula is C25H25NO4. The first-order valence-electron chi connectivity index (χ1n) is 9.72.